The normalized spacial score (nSPS) is 14.3. The predicted octanol–water partition coefficient (Wildman–Crippen LogP) is 8.45. The van der Waals surface area contributed by atoms with E-state index in [2.05, 4.69) is 4.98 Å². The number of rotatable bonds is 10. The number of likely N-dealkylation sites (tertiary alicyclic amines) is 2. The number of hydrogen-bond donors (Lipinski definition) is 1. The molecule has 4 aromatic carbocycles. The number of amides is 4. The fourth-order valence-corrected chi connectivity index (χ4v) is 9.22. The third kappa shape index (κ3) is 10.8. The van der Waals surface area contributed by atoms with Gasteiger partial charge in [-0.3, -0.25) is 33.3 Å². The minimum atomic E-state index is -0.767. The Balaban J connectivity index is 0.000000202. The summed E-state index contributed by atoms with van der Waals surface area (Å²) in [4.78, 5) is 85.1. The number of carbonyl (C=O) groups excluding carboxylic acids is 6. The number of benzene rings is 4. The molecule has 4 amide bonds. The number of nitriles is 1. The number of carbonyl (C=O) groups is 6. The maximum Gasteiger partial charge on any atom is 0.294 e. The number of halogens is 4. The van der Waals surface area contributed by atoms with Crippen LogP contribution in [0, 0.1) is 34.9 Å². The van der Waals surface area contributed by atoms with Crippen LogP contribution in [-0.4, -0.2) is 119 Å². The van der Waals surface area contributed by atoms with Crippen LogP contribution in [0.3, 0.4) is 0 Å². The number of piperidine rings is 2. The van der Waals surface area contributed by atoms with Crippen molar-refractivity contribution in [3.63, 3.8) is 0 Å². The topological polar surface area (TPSA) is 160 Å². The molecule has 2 aliphatic heterocycles. The molecule has 8 rings (SSSR count). The van der Waals surface area contributed by atoms with Crippen LogP contribution in [0.4, 0.5) is 8.78 Å². The Labute approximate surface area is 401 Å². The van der Waals surface area contributed by atoms with Crippen LogP contribution in [0.15, 0.2) is 85.2 Å². The second kappa shape index (κ2) is 21.0. The number of nitrogens with one attached hydrogen (secondary N) is 1. The molecule has 0 atom stereocenters. The van der Waals surface area contributed by atoms with Crippen molar-refractivity contribution in [1.82, 2.24) is 29.2 Å². The molecule has 13 nitrogen and oxygen atoms in total. The fraction of sp³-hybridized carbons (Fsp3) is 0.314. The van der Waals surface area contributed by atoms with Crippen molar-refractivity contribution in [3.05, 3.63) is 140 Å². The monoisotopic (exact) mass is 963 g/mol. The van der Waals surface area contributed by atoms with Gasteiger partial charge < -0.3 is 24.6 Å². The van der Waals surface area contributed by atoms with E-state index in [1.54, 1.807) is 46.2 Å². The molecule has 1 N–H and O–H groups in total. The largest absolute Gasteiger partial charge is 0.360 e. The lowest BCUT2D eigenvalue weighted by Crippen LogP contribution is -2.39. The molecule has 0 radical (unpaired) electrons. The summed E-state index contributed by atoms with van der Waals surface area (Å²) in [6.45, 7) is 2.28. The van der Waals surface area contributed by atoms with Crippen molar-refractivity contribution in [3.8, 4) is 6.19 Å². The van der Waals surface area contributed by atoms with E-state index in [0.29, 0.717) is 70.4 Å². The lowest BCUT2D eigenvalue weighted by Gasteiger charge is -2.32. The molecule has 0 unspecified atom stereocenters. The standard InChI is InChI=1S/C26H24ClFN4O3.C25H25ClFN3O3/c1-30(2)26(35)24(33)21-14-32(15-29)23-13-22(27)20(12-19(21)23)25(34)31-9-7-17(8-10-31)11-16-3-5-18(28)6-4-16;1-29(2)25(33)23(31)20-14-28-22-13-21(26)19(12-18(20)22)24(32)30-9-7-16(8-10-30)11-15-3-5-17(27)6-4-15/h3-6,12-14,17H,7-11H2,1-2H3;3-6,12-14,16,28H,7-11H2,1-2H3. The summed E-state index contributed by atoms with van der Waals surface area (Å²) < 4.78 is 27.4. The number of aromatic amines is 1. The van der Waals surface area contributed by atoms with E-state index in [0.717, 1.165) is 59.1 Å². The van der Waals surface area contributed by atoms with Crippen LogP contribution in [0.25, 0.3) is 21.8 Å². The smallest absolute Gasteiger partial charge is 0.294 e. The van der Waals surface area contributed by atoms with Crippen molar-refractivity contribution in [2.24, 2.45) is 11.8 Å². The van der Waals surface area contributed by atoms with E-state index >= 15 is 0 Å². The van der Waals surface area contributed by atoms with Gasteiger partial charge in [0.25, 0.3) is 35.2 Å². The van der Waals surface area contributed by atoms with Gasteiger partial charge in [0.05, 0.1) is 37.8 Å². The lowest BCUT2D eigenvalue weighted by molar-refractivity contribution is -0.124. The van der Waals surface area contributed by atoms with E-state index in [1.165, 1.54) is 81.9 Å². The third-order valence-electron chi connectivity index (χ3n) is 12.6. The number of fused-ring (bicyclic) bond motifs is 2. The Kier molecular flexibility index (Phi) is 15.1. The molecule has 2 aliphatic rings. The van der Waals surface area contributed by atoms with E-state index in [4.69, 9.17) is 23.2 Å². The molecule has 68 heavy (non-hydrogen) atoms. The molecule has 6 aromatic rings. The highest BCUT2D eigenvalue weighted by atomic mass is 35.5. The zero-order valence-electron chi connectivity index (χ0n) is 38.0. The van der Waals surface area contributed by atoms with E-state index in [-0.39, 0.29) is 45.2 Å². The van der Waals surface area contributed by atoms with Crippen LogP contribution in [0.5, 0.6) is 0 Å². The quantitative estimate of drug-likeness (QED) is 0.107. The van der Waals surface area contributed by atoms with Crippen LogP contribution >= 0.6 is 23.2 Å². The number of Topliss-reactive ketones (excluding diaryl/α,β-unsaturated/α-hetero) is 2. The zero-order valence-corrected chi connectivity index (χ0v) is 39.5. The molecule has 0 bridgehead atoms. The van der Waals surface area contributed by atoms with Gasteiger partial charge >= 0.3 is 0 Å². The van der Waals surface area contributed by atoms with Gasteiger partial charge in [0, 0.05) is 83.1 Å². The first-order valence-electron chi connectivity index (χ1n) is 22.1. The average molecular weight is 965 g/mol. The first-order valence-corrected chi connectivity index (χ1v) is 22.8. The van der Waals surface area contributed by atoms with Gasteiger partial charge in [0.2, 0.25) is 0 Å². The summed E-state index contributed by atoms with van der Waals surface area (Å²) in [6.07, 6.45) is 9.67. The Hall–Kier alpha value is -6.89. The second-order valence-corrected chi connectivity index (χ2v) is 18.4. The van der Waals surface area contributed by atoms with Gasteiger partial charge in [-0.1, -0.05) is 47.5 Å². The molecule has 2 aromatic heterocycles. The third-order valence-corrected chi connectivity index (χ3v) is 13.2. The summed E-state index contributed by atoms with van der Waals surface area (Å²) >= 11 is 12.8. The van der Waals surface area contributed by atoms with E-state index in [9.17, 15) is 42.8 Å². The minimum absolute atomic E-state index is 0.0453. The van der Waals surface area contributed by atoms with Crippen LogP contribution in [-0.2, 0) is 22.4 Å². The van der Waals surface area contributed by atoms with Gasteiger partial charge in [0.15, 0.2) is 6.19 Å². The Morgan fingerprint density at radius 2 is 1.06 bits per heavy atom. The minimum Gasteiger partial charge on any atom is -0.360 e. The van der Waals surface area contributed by atoms with Crippen molar-refractivity contribution in [2.75, 3.05) is 54.4 Å². The Bertz CT molecular complexity index is 2960. The van der Waals surface area contributed by atoms with E-state index < -0.39 is 23.4 Å². The fourth-order valence-electron chi connectivity index (χ4n) is 8.73. The summed E-state index contributed by atoms with van der Waals surface area (Å²) in [6, 6.07) is 19.2. The van der Waals surface area contributed by atoms with Crippen LogP contribution in [0.2, 0.25) is 10.0 Å². The van der Waals surface area contributed by atoms with Gasteiger partial charge in [0.1, 0.15) is 11.6 Å². The Morgan fingerprint density at radius 1 is 0.632 bits per heavy atom. The summed E-state index contributed by atoms with van der Waals surface area (Å²) in [7, 11) is 5.96. The van der Waals surface area contributed by atoms with Gasteiger partial charge in [-0.2, -0.15) is 5.26 Å². The predicted molar refractivity (Wildman–Crippen MR) is 255 cm³/mol. The maximum absolute atomic E-state index is 13.3. The molecular weight excluding hydrogens is 916 g/mol. The maximum atomic E-state index is 13.3. The lowest BCUT2D eigenvalue weighted by atomic mass is 9.90. The number of aromatic nitrogens is 2. The molecule has 4 heterocycles. The van der Waals surface area contributed by atoms with Crippen LogP contribution in [0.1, 0.15) is 78.2 Å². The second-order valence-electron chi connectivity index (χ2n) is 17.6. The highest BCUT2D eigenvalue weighted by Crippen LogP contribution is 2.33. The van der Waals surface area contributed by atoms with Gasteiger partial charge in [-0.15, -0.1) is 0 Å². The van der Waals surface area contributed by atoms with Crippen molar-refractivity contribution in [1.29, 1.82) is 5.26 Å². The molecule has 0 spiro atoms. The molecular formula is C51H49Cl2F2N7O6. The summed E-state index contributed by atoms with van der Waals surface area (Å²) in [5.74, 6) is -2.94. The summed E-state index contributed by atoms with van der Waals surface area (Å²) in [5, 5.41) is 10.7. The molecule has 352 valence electrons. The number of likely N-dealkylation sites (N-methyl/N-ethyl adjacent to an activating group) is 2. The number of nitrogens with zero attached hydrogens (tertiary/aromatic N) is 6. The van der Waals surface area contributed by atoms with Gasteiger partial charge in [-0.25, -0.2) is 8.78 Å². The first-order chi connectivity index (χ1) is 32.4. The van der Waals surface area contributed by atoms with Crippen LogP contribution < -0.4 is 0 Å². The number of ketones is 2. The first kappa shape index (κ1) is 49.0. The summed E-state index contributed by atoms with van der Waals surface area (Å²) in [5.41, 5.74) is 3.89. The molecule has 0 saturated carbocycles. The highest BCUT2D eigenvalue weighted by molar-refractivity contribution is 6.46. The molecule has 2 fully saturated rings. The number of hydrogen-bond acceptors (Lipinski definition) is 7. The molecule has 0 aliphatic carbocycles. The SMILES string of the molecule is CN(C)C(=O)C(=O)c1c[nH]c2cc(Cl)c(C(=O)N3CCC(Cc4ccc(F)cc4)CC3)cc12.CN(C)C(=O)C(=O)c1cn(C#N)c2cc(Cl)c(C(=O)N3CCC(Cc4ccc(F)cc4)CC3)cc12. The zero-order chi connectivity index (χ0) is 49.0. The highest BCUT2D eigenvalue weighted by Gasteiger charge is 2.30. The van der Waals surface area contributed by atoms with Gasteiger partial charge in [-0.05, 0) is 110 Å². The van der Waals surface area contributed by atoms with Crippen molar-refractivity contribution < 1.29 is 37.5 Å². The number of H-pyrrole nitrogens is 1. The van der Waals surface area contributed by atoms with E-state index in [1.807, 2.05) is 6.19 Å². The van der Waals surface area contributed by atoms with Crippen molar-refractivity contribution in [2.45, 2.75) is 38.5 Å². The molecule has 17 heteroatoms. The molecule has 2 saturated heterocycles. The average Bonchev–Trinajstić information content (AvgIpc) is 3.92. The van der Waals surface area contributed by atoms with Crippen molar-refractivity contribution >= 4 is 80.2 Å². The Morgan fingerprint density at radius 3 is 1.50 bits per heavy atom.